The first kappa shape index (κ1) is 15.4. The van der Waals surface area contributed by atoms with E-state index in [1.165, 1.54) is 7.11 Å². The van der Waals surface area contributed by atoms with Crippen LogP contribution < -0.4 is 9.64 Å². The van der Waals surface area contributed by atoms with Gasteiger partial charge in [-0.25, -0.2) is 0 Å². The number of hydrogen-bond donors (Lipinski definition) is 0. The molecule has 106 valence electrons. The van der Waals surface area contributed by atoms with Crippen molar-refractivity contribution in [3.63, 3.8) is 0 Å². The molecule has 0 amide bonds. The molecule has 1 rings (SSSR count). The molecule has 0 heterocycles. The van der Waals surface area contributed by atoms with Gasteiger partial charge in [-0.1, -0.05) is 0 Å². The van der Waals surface area contributed by atoms with Crippen LogP contribution in [0.25, 0.3) is 0 Å². The Morgan fingerprint density at radius 2 is 1.74 bits per heavy atom. The largest absolute Gasteiger partial charge is 0.494 e. The SMILES string of the molecule is COCCN(CCOC)c1ccc(N=O)c(OC)c1. The first-order valence-electron chi connectivity index (χ1n) is 6.01. The summed E-state index contributed by atoms with van der Waals surface area (Å²) in [5, 5.41) is 2.92. The minimum atomic E-state index is 0.296. The second kappa shape index (κ2) is 8.44. The third-order valence-electron chi connectivity index (χ3n) is 2.76. The maximum absolute atomic E-state index is 10.6. The molecule has 0 bridgehead atoms. The molecule has 0 aliphatic carbocycles. The fourth-order valence-corrected chi connectivity index (χ4v) is 1.71. The molecule has 19 heavy (non-hydrogen) atoms. The number of rotatable bonds is 9. The number of anilines is 1. The highest BCUT2D eigenvalue weighted by molar-refractivity contribution is 5.61. The first-order valence-corrected chi connectivity index (χ1v) is 6.01. The standard InChI is InChI=1S/C13H20N2O4/c1-17-8-6-15(7-9-18-2)11-4-5-12(14-16)13(10-11)19-3/h4-5,10H,6-9H2,1-3H3. The molecule has 0 aliphatic rings. The normalized spacial score (nSPS) is 10.3. The van der Waals surface area contributed by atoms with Gasteiger partial charge >= 0.3 is 0 Å². The van der Waals surface area contributed by atoms with E-state index < -0.39 is 0 Å². The predicted molar refractivity (Wildman–Crippen MR) is 74.4 cm³/mol. The molecular weight excluding hydrogens is 248 g/mol. The monoisotopic (exact) mass is 268 g/mol. The second-order valence-corrected chi connectivity index (χ2v) is 3.92. The summed E-state index contributed by atoms with van der Waals surface area (Å²) in [4.78, 5) is 12.7. The summed E-state index contributed by atoms with van der Waals surface area (Å²) in [6.07, 6.45) is 0. The van der Waals surface area contributed by atoms with E-state index in [9.17, 15) is 4.91 Å². The Kier molecular flexibility index (Phi) is 6.84. The highest BCUT2D eigenvalue weighted by Gasteiger charge is 2.10. The number of methoxy groups -OCH3 is 3. The molecular formula is C13H20N2O4. The van der Waals surface area contributed by atoms with Gasteiger partial charge in [-0.15, -0.1) is 4.91 Å². The summed E-state index contributed by atoms with van der Waals surface area (Å²) < 4.78 is 15.3. The van der Waals surface area contributed by atoms with Gasteiger partial charge in [-0.2, -0.15) is 0 Å². The topological polar surface area (TPSA) is 60.4 Å². The summed E-state index contributed by atoms with van der Waals surface area (Å²) in [6.45, 7) is 2.69. The average Bonchev–Trinajstić information content (AvgIpc) is 2.46. The highest BCUT2D eigenvalue weighted by atomic mass is 16.5. The Bertz CT molecular complexity index is 390. The lowest BCUT2D eigenvalue weighted by molar-refractivity contribution is 0.190. The molecule has 0 aromatic heterocycles. The van der Waals surface area contributed by atoms with E-state index >= 15 is 0 Å². The summed E-state index contributed by atoms with van der Waals surface area (Å²) in [6, 6.07) is 5.28. The van der Waals surface area contributed by atoms with Crippen molar-refractivity contribution >= 4 is 11.4 Å². The zero-order valence-corrected chi connectivity index (χ0v) is 11.6. The molecule has 0 saturated heterocycles. The van der Waals surface area contributed by atoms with Crippen molar-refractivity contribution < 1.29 is 14.2 Å². The van der Waals surface area contributed by atoms with E-state index in [1.54, 1.807) is 26.4 Å². The Hall–Kier alpha value is -1.66. The number of hydrogen-bond acceptors (Lipinski definition) is 6. The lowest BCUT2D eigenvalue weighted by Crippen LogP contribution is -2.30. The fourth-order valence-electron chi connectivity index (χ4n) is 1.71. The van der Waals surface area contributed by atoms with Gasteiger partial charge in [-0.05, 0) is 17.3 Å². The number of nitrogens with zero attached hydrogens (tertiary/aromatic N) is 2. The van der Waals surface area contributed by atoms with Crippen LogP contribution in [0.4, 0.5) is 11.4 Å². The van der Waals surface area contributed by atoms with E-state index in [0.29, 0.717) is 24.7 Å². The molecule has 0 unspecified atom stereocenters. The van der Waals surface area contributed by atoms with Crippen LogP contribution in [0.5, 0.6) is 5.75 Å². The van der Waals surface area contributed by atoms with Gasteiger partial charge in [0.1, 0.15) is 11.4 Å². The number of nitroso groups, excluding NO2 is 1. The van der Waals surface area contributed by atoms with Crippen LogP contribution in [-0.4, -0.2) is 47.6 Å². The van der Waals surface area contributed by atoms with Gasteiger partial charge in [0.05, 0.1) is 20.3 Å². The molecule has 0 fully saturated rings. The Morgan fingerprint density at radius 1 is 1.11 bits per heavy atom. The minimum Gasteiger partial charge on any atom is -0.494 e. The van der Waals surface area contributed by atoms with Crippen LogP contribution in [-0.2, 0) is 9.47 Å². The summed E-state index contributed by atoms with van der Waals surface area (Å²) in [5.74, 6) is 0.465. The van der Waals surface area contributed by atoms with Crippen molar-refractivity contribution in [3.8, 4) is 5.75 Å². The van der Waals surface area contributed by atoms with E-state index in [-0.39, 0.29) is 0 Å². The Labute approximate surface area is 113 Å². The van der Waals surface area contributed by atoms with Gasteiger partial charge in [-0.3, -0.25) is 0 Å². The van der Waals surface area contributed by atoms with Crippen molar-refractivity contribution in [1.29, 1.82) is 0 Å². The Morgan fingerprint density at radius 3 is 2.21 bits per heavy atom. The number of ether oxygens (including phenoxy) is 3. The van der Waals surface area contributed by atoms with Crippen LogP contribution in [0.15, 0.2) is 23.4 Å². The molecule has 0 N–H and O–H groups in total. The summed E-state index contributed by atoms with van der Waals surface area (Å²) in [7, 11) is 4.84. The van der Waals surface area contributed by atoms with Gasteiger partial charge in [0.2, 0.25) is 0 Å². The molecule has 0 aliphatic heterocycles. The Balaban J connectivity index is 2.90. The van der Waals surface area contributed by atoms with Crippen LogP contribution in [0, 0.1) is 4.91 Å². The van der Waals surface area contributed by atoms with Crippen LogP contribution in [0.1, 0.15) is 0 Å². The van der Waals surface area contributed by atoms with E-state index in [1.807, 2.05) is 6.07 Å². The van der Waals surface area contributed by atoms with Gasteiger partial charge in [0.25, 0.3) is 0 Å². The second-order valence-electron chi connectivity index (χ2n) is 3.92. The van der Waals surface area contributed by atoms with E-state index in [0.717, 1.165) is 18.8 Å². The summed E-state index contributed by atoms with van der Waals surface area (Å²) in [5.41, 5.74) is 1.24. The lowest BCUT2D eigenvalue weighted by atomic mass is 10.2. The zero-order valence-electron chi connectivity index (χ0n) is 11.6. The number of benzene rings is 1. The first-order chi connectivity index (χ1) is 9.26. The van der Waals surface area contributed by atoms with Crippen LogP contribution >= 0.6 is 0 Å². The van der Waals surface area contributed by atoms with Crippen molar-refractivity contribution in [2.45, 2.75) is 0 Å². The van der Waals surface area contributed by atoms with Crippen LogP contribution in [0.2, 0.25) is 0 Å². The smallest absolute Gasteiger partial charge is 0.150 e. The summed E-state index contributed by atoms with van der Waals surface area (Å²) >= 11 is 0. The zero-order chi connectivity index (χ0) is 14.1. The lowest BCUT2D eigenvalue weighted by Gasteiger charge is -2.24. The van der Waals surface area contributed by atoms with E-state index in [4.69, 9.17) is 14.2 Å². The van der Waals surface area contributed by atoms with Crippen LogP contribution in [0.3, 0.4) is 0 Å². The molecule has 1 aromatic carbocycles. The van der Waals surface area contributed by atoms with Crippen molar-refractivity contribution in [2.75, 3.05) is 52.5 Å². The van der Waals surface area contributed by atoms with Gasteiger partial charge < -0.3 is 19.1 Å². The van der Waals surface area contributed by atoms with E-state index in [2.05, 4.69) is 10.1 Å². The fraction of sp³-hybridized carbons (Fsp3) is 0.538. The highest BCUT2D eigenvalue weighted by Crippen LogP contribution is 2.31. The maximum atomic E-state index is 10.6. The minimum absolute atomic E-state index is 0.296. The van der Waals surface area contributed by atoms with Crippen molar-refractivity contribution in [1.82, 2.24) is 0 Å². The molecule has 0 spiro atoms. The van der Waals surface area contributed by atoms with Gasteiger partial charge in [0, 0.05) is 39.1 Å². The maximum Gasteiger partial charge on any atom is 0.150 e. The molecule has 6 heteroatoms. The predicted octanol–water partition coefficient (Wildman–Crippen LogP) is 2.19. The quantitative estimate of drug-likeness (QED) is 0.642. The molecule has 1 aromatic rings. The molecule has 0 atom stereocenters. The molecule has 0 radical (unpaired) electrons. The third-order valence-corrected chi connectivity index (χ3v) is 2.76. The van der Waals surface area contributed by atoms with Crippen molar-refractivity contribution in [2.24, 2.45) is 5.18 Å². The molecule has 0 saturated carbocycles. The van der Waals surface area contributed by atoms with Crippen molar-refractivity contribution in [3.05, 3.63) is 23.1 Å². The molecule has 6 nitrogen and oxygen atoms in total. The van der Waals surface area contributed by atoms with Gasteiger partial charge in [0.15, 0.2) is 0 Å². The third kappa shape index (κ3) is 4.50. The average molecular weight is 268 g/mol.